The number of anilines is 1. The lowest BCUT2D eigenvalue weighted by atomic mass is 9.94. The number of nitrogens with two attached hydrogens (primary N) is 1. The summed E-state index contributed by atoms with van der Waals surface area (Å²) in [6, 6.07) is 0.135. The van der Waals surface area contributed by atoms with Crippen LogP contribution in [0.25, 0.3) is 0 Å². The van der Waals surface area contributed by atoms with Crippen LogP contribution in [-0.2, 0) is 6.54 Å². The number of allylic oxidation sites excluding steroid dienone is 1. The van der Waals surface area contributed by atoms with Crippen LogP contribution in [0, 0.1) is 5.92 Å². The normalized spacial score (nSPS) is 23.4. The zero-order valence-corrected chi connectivity index (χ0v) is 12.6. The molecule has 5 nitrogen and oxygen atoms in total. The summed E-state index contributed by atoms with van der Waals surface area (Å²) in [5, 5.41) is 4.17. The van der Waals surface area contributed by atoms with E-state index in [1.54, 1.807) is 12.3 Å². The molecule has 1 aromatic rings. The van der Waals surface area contributed by atoms with Gasteiger partial charge in [0, 0.05) is 19.1 Å². The van der Waals surface area contributed by atoms with Crippen molar-refractivity contribution < 1.29 is 0 Å². The molecule has 0 bridgehead atoms. The predicted octanol–water partition coefficient (Wildman–Crippen LogP) is 1.37. The Kier molecular flexibility index (Phi) is 4.42. The Bertz CT molecular complexity index is 528. The molecule has 1 saturated heterocycles. The molecule has 0 aromatic carbocycles. The minimum atomic E-state index is -0.135. The highest BCUT2D eigenvalue weighted by molar-refractivity contribution is 9.10. The van der Waals surface area contributed by atoms with Crippen molar-refractivity contribution in [1.29, 1.82) is 0 Å². The molecule has 19 heavy (non-hydrogen) atoms. The van der Waals surface area contributed by atoms with E-state index in [-0.39, 0.29) is 11.6 Å². The summed E-state index contributed by atoms with van der Waals surface area (Å²) in [6.07, 6.45) is 4.40. The van der Waals surface area contributed by atoms with Gasteiger partial charge in [-0.05, 0) is 28.3 Å². The molecule has 0 aliphatic carbocycles. The van der Waals surface area contributed by atoms with Crippen molar-refractivity contribution in [1.82, 2.24) is 9.78 Å². The molecule has 0 radical (unpaired) electrons. The smallest absolute Gasteiger partial charge is 0.283 e. The monoisotopic (exact) mass is 326 g/mol. The van der Waals surface area contributed by atoms with Gasteiger partial charge in [0.25, 0.3) is 5.56 Å². The van der Waals surface area contributed by atoms with Crippen LogP contribution in [0.4, 0.5) is 5.69 Å². The third-order valence-corrected chi connectivity index (χ3v) is 4.37. The average Bonchev–Trinajstić information content (AvgIpc) is 2.39. The largest absolute Gasteiger partial charge is 0.368 e. The first-order valence-electron chi connectivity index (χ1n) is 6.41. The SMILES string of the molecule is C=CCn1ncc(N2CCC(C)C(N)C2)c(Br)c1=O. The van der Waals surface area contributed by atoms with E-state index in [0.717, 1.165) is 25.2 Å². The highest BCUT2D eigenvalue weighted by Gasteiger charge is 2.25. The van der Waals surface area contributed by atoms with Crippen LogP contribution in [-0.4, -0.2) is 28.9 Å². The van der Waals surface area contributed by atoms with Crippen LogP contribution in [0.3, 0.4) is 0 Å². The minimum absolute atomic E-state index is 0.135. The molecule has 1 fully saturated rings. The maximum Gasteiger partial charge on any atom is 0.283 e. The first-order valence-corrected chi connectivity index (χ1v) is 7.21. The third-order valence-electron chi connectivity index (χ3n) is 3.63. The summed E-state index contributed by atoms with van der Waals surface area (Å²) in [5.74, 6) is 0.518. The van der Waals surface area contributed by atoms with E-state index in [1.165, 1.54) is 4.68 Å². The van der Waals surface area contributed by atoms with Crippen LogP contribution < -0.4 is 16.2 Å². The molecule has 2 heterocycles. The van der Waals surface area contributed by atoms with E-state index in [1.807, 2.05) is 0 Å². The first kappa shape index (κ1) is 14.3. The van der Waals surface area contributed by atoms with Gasteiger partial charge < -0.3 is 10.6 Å². The summed E-state index contributed by atoms with van der Waals surface area (Å²) in [6.45, 7) is 7.85. The van der Waals surface area contributed by atoms with E-state index in [9.17, 15) is 4.79 Å². The van der Waals surface area contributed by atoms with E-state index in [0.29, 0.717) is 16.9 Å². The second kappa shape index (κ2) is 5.88. The second-order valence-electron chi connectivity index (χ2n) is 5.00. The van der Waals surface area contributed by atoms with Crippen LogP contribution in [0.5, 0.6) is 0 Å². The molecule has 104 valence electrons. The molecule has 0 amide bonds. The molecule has 1 aromatic heterocycles. The lowest BCUT2D eigenvalue weighted by Crippen LogP contribution is -2.48. The lowest BCUT2D eigenvalue weighted by molar-refractivity contribution is 0.378. The topological polar surface area (TPSA) is 64.2 Å². The Morgan fingerprint density at radius 3 is 3.05 bits per heavy atom. The van der Waals surface area contributed by atoms with Crippen LogP contribution in [0.15, 0.2) is 28.1 Å². The molecule has 1 aliphatic heterocycles. The molecule has 6 heteroatoms. The van der Waals surface area contributed by atoms with Crippen LogP contribution in [0.2, 0.25) is 0 Å². The van der Waals surface area contributed by atoms with Crippen molar-refractivity contribution >= 4 is 21.6 Å². The van der Waals surface area contributed by atoms with Gasteiger partial charge in [-0.1, -0.05) is 13.0 Å². The fourth-order valence-electron chi connectivity index (χ4n) is 2.25. The molecule has 2 N–H and O–H groups in total. The lowest BCUT2D eigenvalue weighted by Gasteiger charge is -2.36. The maximum absolute atomic E-state index is 12.1. The summed E-state index contributed by atoms with van der Waals surface area (Å²) in [7, 11) is 0. The molecule has 2 atom stereocenters. The molecular formula is C13H19BrN4O. The molecule has 2 rings (SSSR count). The van der Waals surface area contributed by atoms with Crippen molar-refractivity contribution in [2.75, 3.05) is 18.0 Å². The predicted molar refractivity (Wildman–Crippen MR) is 80.4 cm³/mol. The molecule has 0 spiro atoms. The number of hydrogen-bond donors (Lipinski definition) is 1. The number of rotatable bonds is 3. The van der Waals surface area contributed by atoms with E-state index in [4.69, 9.17) is 5.73 Å². The summed E-state index contributed by atoms with van der Waals surface area (Å²) >= 11 is 3.38. The van der Waals surface area contributed by atoms with Gasteiger partial charge in [-0.15, -0.1) is 6.58 Å². The zero-order chi connectivity index (χ0) is 14.0. The number of piperidine rings is 1. The van der Waals surface area contributed by atoms with Gasteiger partial charge in [0.05, 0.1) is 18.4 Å². The van der Waals surface area contributed by atoms with Gasteiger partial charge in [0.1, 0.15) is 4.47 Å². The van der Waals surface area contributed by atoms with E-state index in [2.05, 4.69) is 39.4 Å². The zero-order valence-electron chi connectivity index (χ0n) is 11.1. The third kappa shape index (κ3) is 2.90. The molecule has 1 aliphatic rings. The summed E-state index contributed by atoms with van der Waals surface area (Å²) in [5.41, 5.74) is 6.79. The fourth-order valence-corrected chi connectivity index (χ4v) is 2.81. The highest BCUT2D eigenvalue weighted by Crippen LogP contribution is 2.26. The summed E-state index contributed by atoms with van der Waals surface area (Å²) in [4.78, 5) is 14.2. The van der Waals surface area contributed by atoms with Crippen molar-refractivity contribution in [3.05, 3.63) is 33.7 Å². The Hall–Kier alpha value is -1.14. The maximum atomic E-state index is 12.1. The van der Waals surface area contributed by atoms with Gasteiger partial charge in [0.15, 0.2) is 0 Å². The van der Waals surface area contributed by atoms with Crippen molar-refractivity contribution in [3.63, 3.8) is 0 Å². The number of nitrogens with zero attached hydrogens (tertiary/aromatic N) is 3. The Morgan fingerprint density at radius 1 is 1.68 bits per heavy atom. The summed E-state index contributed by atoms with van der Waals surface area (Å²) < 4.78 is 1.93. The molecule has 0 saturated carbocycles. The standard InChI is InChI=1S/C13H19BrN4O/c1-3-5-18-13(19)12(14)11(7-16-18)17-6-4-9(2)10(15)8-17/h3,7,9-10H,1,4-6,8,15H2,2H3. The fraction of sp³-hybridized carbons (Fsp3) is 0.538. The molecule has 2 unspecified atom stereocenters. The number of hydrogen-bond acceptors (Lipinski definition) is 4. The Labute approximate surface area is 121 Å². The quantitative estimate of drug-likeness (QED) is 0.852. The number of halogens is 1. The van der Waals surface area contributed by atoms with E-state index >= 15 is 0 Å². The molecular weight excluding hydrogens is 308 g/mol. The van der Waals surface area contributed by atoms with Gasteiger partial charge in [-0.2, -0.15) is 5.10 Å². The van der Waals surface area contributed by atoms with E-state index < -0.39 is 0 Å². The van der Waals surface area contributed by atoms with Gasteiger partial charge in [0.2, 0.25) is 0 Å². The van der Waals surface area contributed by atoms with Crippen LogP contribution in [0.1, 0.15) is 13.3 Å². The van der Waals surface area contributed by atoms with Gasteiger partial charge in [-0.25, -0.2) is 4.68 Å². The van der Waals surface area contributed by atoms with Crippen molar-refractivity contribution in [2.24, 2.45) is 11.7 Å². The van der Waals surface area contributed by atoms with Gasteiger partial charge in [-0.3, -0.25) is 4.79 Å². The number of aromatic nitrogens is 2. The minimum Gasteiger partial charge on any atom is -0.368 e. The first-order chi connectivity index (χ1) is 9.04. The highest BCUT2D eigenvalue weighted by atomic mass is 79.9. The van der Waals surface area contributed by atoms with Crippen molar-refractivity contribution in [2.45, 2.75) is 25.9 Å². The Balaban J connectivity index is 2.29. The second-order valence-corrected chi connectivity index (χ2v) is 5.79. The average molecular weight is 327 g/mol. The van der Waals surface area contributed by atoms with Gasteiger partial charge >= 0.3 is 0 Å². The van der Waals surface area contributed by atoms with Crippen LogP contribution >= 0.6 is 15.9 Å². The Morgan fingerprint density at radius 2 is 2.42 bits per heavy atom. The van der Waals surface area contributed by atoms with Crippen molar-refractivity contribution in [3.8, 4) is 0 Å².